The summed E-state index contributed by atoms with van der Waals surface area (Å²) in [7, 11) is 2.86. The summed E-state index contributed by atoms with van der Waals surface area (Å²) in [6, 6.07) is -1.43. The van der Waals surface area contributed by atoms with Crippen molar-refractivity contribution in [2.24, 2.45) is 17.6 Å². The Morgan fingerprint density at radius 1 is 1.38 bits per heavy atom. The number of hydrogen-bond acceptors (Lipinski definition) is 5. The first-order valence-corrected chi connectivity index (χ1v) is 8.59. The highest BCUT2D eigenvalue weighted by atomic mass is 16.7. The van der Waals surface area contributed by atoms with Gasteiger partial charge in [0.2, 0.25) is 11.8 Å². The van der Waals surface area contributed by atoms with Crippen LogP contribution >= 0.6 is 0 Å². The Bertz CT molecular complexity index is 479. The van der Waals surface area contributed by atoms with Crippen molar-refractivity contribution in [3.05, 3.63) is 0 Å². The molecule has 0 spiro atoms. The molecular weight excluding hydrogens is 312 g/mol. The Morgan fingerprint density at radius 2 is 2.04 bits per heavy atom. The maximum absolute atomic E-state index is 12.5. The van der Waals surface area contributed by atoms with E-state index in [1.165, 1.54) is 14.2 Å². The second-order valence-corrected chi connectivity index (χ2v) is 6.66. The van der Waals surface area contributed by atoms with Crippen molar-refractivity contribution in [2.45, 2.75) is 50.6 Å². The molecule has 1 saturated carbocycles. The summed E-state index contributed by atoms with van der Waals surface area (Å²) in [4.78, 5) is 41.6. The molecule has 3 atom stereocenters. The number of carbonyl (C=O) groups is 3. The quantitative estimate of drug-likeness (QED) is 0.543. The molecule has 1 aliphatic carbocycles. The van der Waals surface area contributed by atoms with Crippen LogP contribution in [0.1, 0.15) is 38.5 Å². The summed E-state index contributed by atoms with van der Waals surface area (Å²) in [6.07, 6.45) is 4.96. The van der Waals surface area contributed by atoms with Crippen LogP contribution in [0, 0.1) is 11.8 Å². The molecule has 0 radical (unpaired) electrons. The lowest BCUT2D eigenvalue weighted by Gasteiger charge is -2.26. The van der Waals surface area contributed by atoms with Crippen molar-refractivity contribution < 1.29 is 19.2 Å². The van der Waals surface area contributed by atoms with E-state index >= 15 is 0 Å². The number of nitrogens with zero attached hydrogens (tertiary/aromatic N) is 1. The van der Waals surface area contributed by atoms with Gasteiger partial charge in [0.05, 0.1) is 13.2 Å². The van der Waals surface area contributed by atoms with Gasteiger partial charge in [-0.2, -0.15) is 0 Å². The molecule has 0 aromatic heterocycles. The molecule has 2 fully saturated rings. The van der Waals surface area contributed by atoms with E-state index in [2.05, 4.69) is 10.6 Å². The van der Waals surface area contributed by atoms with Gasteiger partial charge in [-0.3, -0.25) is 19.2 Å². The van der Waals surface area contributed by atoms with Gasteiger partial charge in [-0.05, 0) is 31.6 Å². The zero-order valence-electron chi connectivity index (χ0n) is 14.4. The molecule has 2 aliphatic rings. The minimum atomic E-state index is -0.816. The summed E-state index contributed by atoms with van der Waals surface area (Å²) in [5, 5.41) is 6.55. The molecule has 2 rings (SSSR count). The highest BCUT2D eigenvalue weighted by molar-refractivity contribution is 5.90. The van der Waals surface area contributed by atoms with Crippen LogP contribution in [0.4, 0.5) is 0 Å². The smallest absolute Gasteiger partial charge is 0.268 e. The maximum atomic E-state index is 12.5. The summed E-state index contributed by atoms with van der Waals surface area (Å²) < 4.78 is 0. The highest BCUT2D eigenvalue weighted by Crippen LogP contribution is 2.27. The van der Waals surface area contributed by atoms with Crippen molar-refractivity contribution in [3.63, 3.8) is 0 Å². The number of hydroxylamine groups is 2. The Hall–Kier alpha value is -1.67. The van der Waals surface area contributed by atoms with Crippen molar-refractivity contribution in [1.29, 1.82) is 0 Å². The van der Waals surface area contributed by atoms with Crippen molar-refractivity contribution in [2.75, 3.05) is 20.7 Å². The van der Waals surface area contributed by atoms with Crippen LogP contribution in [0.3, 0.4) is 0 Å². The molecule has 1 aliphatic heterocycles. The molecule has 136 valence electrons. The van der Waals surface area contributed by atoms with Gasteiger partial charge in [-0.1, -0.05) is 12.8 Å². The lowest BCUT2D eigenvalue weighted by atomic mass is 9.95. The van der Waals surface area contributed by atoms with Gasteiger partial charge in [0.15, 0.2) is 0 Å². The van der Waals surface area contributed by atoms with Gasteiger partial charge in [0.1, 0.15) is 6.04 Å². The summed E-state index contributed by atoms with van der Waals surface area (Å²) in [5.41, 5.74) is 6.07. The number of nitrogens with one attached hydrogen (secondary N) is 2. The summed E-state index contributed by atoms with van der Waals surface area (Å²) >= 11 is 0. The minimum Gasteiger partial charge on any atom is -0.356 e. The van der Waals surface area contributed by atoms with E-state index in [0.29, 0.717) is 13.0 Å². The van der Waals surface area contributed by atoms with E-state index in [1.807, 2.05) is 0 Å². The molecule has 0 aromatic rings. The third-order valence-electron chi connectivity index (χ3n) is 5.09. The largest absolute Gasteiger partial charge is 0.356 e. The van der Waals surface area contributed by atoms with E-state index < -0.39 is 12.1 Å². The Balaban J connectivity index is 2.02. The lowest BCUT2D eigenvalue weighted by molar-refractivity contribution is -0.172. The SMILES string of the molecule is CON(C)C(=O)[C@H](CC1CCNC1=O)NC(=O)[C@@H](N)C1CCCC1. The predicted molar refractivity (Wildman–Crippen MR) is 87.4 cm³/mol. The van der Waals surface area contributed by atoms with Crippen LogP contribution in [0.15, 0.2) is 0 Å². The first kappa shape index (κ1) is 18.7. The van der Waals surface area contributed by atoms with Gasteiger partial charge in [0.25, 0.3) is 5.91 Å². The maximum Gasteiger partial charge on any atom is 0.268 e. The Morgan fingerprint density at radius 3 is 2.58 bits per heavy atom. The number of amides is 3. The molecule has 0 aromatic carbocycles. The minimum absolute atomic E-state index is 0.0813. The fourth-order valence-electron chi connectivity index (χ4n) is 3.48. The number of nitrogens with two attached hydrogens (primary N) is 1. The molecule has 3 amide bonds. The molecule has 8 nitrogen and oxygen atoms in total. The molecule has 24 heavy (non-hydrogen) atoms. The standard InChI is InChI=1S/C16H28N4O4/c1-20(24-2)16(23)12(9-11-7-8-18-14(11)21)19-15(22)13(17)10-5-3-4-6-10/h10-13H,3-9,17H2,1-2H3,(H,18,21)(H,19,22)/t11?,12-,13-/m0/s1. The van der Waals surface area contributed by atoms with Gasteiger partial charge in [-0.15, -0.1) is 0 Å². The Kier molecular flexibility index (Phi) is 6.56. The van der Waals surface area contributed by atoms with Crippen molar-refractivity contribution in [1.82, 2.24) is 15.7 Å². The van der Waals surface area contributed by atoms with Crippen molar-refractivity contribution in [3.8, 4) is 0 Å². The molecule has 1 unspecified atom stereocenters. The number of hydrogen-bond donors (Lipinski definition) is 3. The lowest BCUT2D eigenvalue weighted by Crippen LogP contribution is -2.54. The van der Waals surface area contributed by atoms with Crippen LogP contribution in [-0.4, -0.2) is 55.6 Å². The van der Waals surface area contributed by atoms with Gasteiger partial charge in [-0.25, -0.2) is 5.06 Å². The van der Waals surface area contributed by atoms with E-state index in [4.69, 9.17) is 10.6 Å². The number of likely N-dealkylation sites (N-methyl/N-ethyl adjacent to an activating group) is 1. The fraction of sp³-hybridized carbons (Fsp3) is 0.812. The van der Waals surface area contributed by atoms with Crippen LogP contribution in [-0.2, 0) is 19.2 Å². The monoisotopic (exact) mass is 340 g/mol. The van der Waals surface area contributed by atoms with Gasteiger partial charge in [0, 0.05) is 19.5 Å². The summed E-state index contributed by atoms with van der Waals surface area (Å²) in [5.74, 6) is -0.919. The highest BCUT2D eigenvalue weighted by Gasteiger charge is 2.35. The van der Waals surface area contributed by atoms with E-state index in [1.54, 1.807) is 0 Å². The van der Waals surface area contributed by atoms with E-state index in [0.717, 1.165) is 30.7 Å². The molecule has 0 bridgehead atoms. The predicted octanol–water partition coefficient (Wildman–Crippen LogP) is -0.465. The summed E-state index contributed by atoms with van der Waals surface area (Å²) in [6.45, 7) is 0.597. The second kappa shape index (κ2) is 8.43. The molecular formula is C16H28N4O4. The zero-order chi connectivity index (χ0) is 17.7. The molecule has 1 saturated heterocycles. The first-order valence-electron chi connectivity index (χ1n) is 8.59. The van der Waals surface area contributed by atoms with Gasteiger partial charge < -0.3 is 16.4 Å². The molecule has 1 heterocycles. The van der Waals surface area contributed by atoms with Crippen molar-refractivity contribution >= 4 is 17.7 Å². The second-order valence-electron chi connectivity index (χ2n) is 6.66. The van der Waals surface area contributed by atoms with E-state index in [9.17, 15) is 14.4 Å². The normalized spacial score (nSPS) is 23.6. The van der Waals surface area contributed by atoms with Crippen LogP contribution in [0.2, 0.25) is 0 Å². The first-order chi connectivity index (χ1) is 11.4. The third kappa shape index (κ3) is 4.45. The number of rotatable bonds is 7. The van der Waals surface area contributed by atoms with Crippen LogP contribution in [0.25, 0.3) is 0 Å². The fourth-order valence-corrected chi connectivity index (χ4v) is 3.48. The Labute approximate surface area is 142 Å². The average molecular weight is 340 g/mol. The van der Waals surface area contributed by atoms with Crippen LogP contribution < -0.4 is 16.4 Å². The average Bonchev–Trinajstić information content (AvgIpc) is 3.24. The molecule has 4 N–H and O–H groups in total. The number of carbonyl (C=O) groups excluding carboxylic acids is 3. The van der Waals surface area contributed by atoms with Crippen LogP contribution in [0.5, 0.6) is 0 Å². The zero-order valence-corrected chi connectivity index (χ0v) is 14.4. The molecule has 8 heteroatoms. The third-order valence-corrected chi connectivity index (χ3v) is 5.09. The van der Waals surface area contributed by atoms with E-state index in [-0.39, 0.29) is 36.0 Å². The topological polar surface area (TPSA) is 114 Å². The van der Waals surface area contributed by atoms with Gasteiger partial charge >= 0.3 is 0 Å².